The monoisotopic (exact) mass is 396 g/mol. The smallest absolute Gasteiger partial charge is 0.427 e. The second kappa shape index (κ2) is 7.72. The van der Waals surface area contributed by atoms with Crippen molar-refractivity contribution in [1.82, 2.24) is 0 Å². The number of nitrogens with zero attached hydrogens (tertiary/aromatic N) is 2. The first-order chi connectivity index (χ1) is 12.5. The summed E-state index contributed by atoms with van der Waals surface area (Å²) in [5.41, 5.74) is -1.59. The zero-order chi connectivity index (χ0) is 20.4. The van der Waals surface area contributed by atoms with Gasteiger partial charge in [-0.25, -0.2) is 13.6 Å². The van der Waals surface area contributed by atoms with Gasteiger partial charge in [-0.3, -0.25) is 20.2 Å². The maximum Gasteiger partial charge on any atom is 0.514 e. The molecule has 1 aromatic carbocycles. The molecule has 1 aromatic rings. The molecule has 9 nitrogen and oxygen atoms in total. The molecule has 0 N–H and O–H groups in total. The van der Waals surface area contributed by atoms with E-state index >= 15 is 0 Å². The van der Waals surface area contributed by atoms with Crippen molar-refractivity contribution in [3.05, 3.63) is 37.9 Å². The van der Waals surface area contributed by atoms with Gasteiger partial charge in [-0.2, -0.15) is 8.78 Å². The lowest BCUT2D eigenvalue weighted by molar-refractivity contribution is -0.394. The molecule has 0 aromatic heterocycles. The SMILES string of the molecule is O=C(OCC(F)(F)C(F)F)Oc1c(C2CCC2)cc([N+](=O)[O-])cc1[N+](=O)[O-]. The molecule has 1 saturated carbocycles. The number of nitro benzene ring substituents is 2. The van der Waals surface area contributed by atoms with Crippen LogP contribution in [0, 0.1) is 20.2 Å². The predicted octanol–water partition coefficient (Wildman–Crippen LogP) is 4.19. The van der Waals surface area contributed by atoms with E-state index in [1.54, 1.807) is 0 Å². The van der Waals surface area contributed by atoms with Crippen LogP contribution in [0.25, 0.3) is 0 Å². The molecule has 27 heavy (non-hydrogen) atoms. The summed E-state index contributed by atoms with van der Waals surface area (Å²) >= 11 is 0. The number of hydrogen-bond donors (Lipinski definition) is 0. The number of hydrogen-bond acceptors (Lipinski definition) is 7. The molecule has 0 radical (unpaired) electrons. The number of nitro groups is 2. The average molecular weight is 396 g/mol. The van der Waals surface area contributed by atoms with Crippen molar-refractivity contribution in [3.63, 3.8) is 0 Å². The van der Waals surface area contributed by atoms with Crippen molar-refractivity contribution >= 4 is 17.5 Å². The summed E-state index contributed by atoms with van der Waals surface area (Å²) in [7, 11) is 0. The molecule has 0 atom stereocenters. The highest BCUT2D eigenvalue weighted by Crippen LogP contribution is 2.46. The van der Waals surface area contributed by atoms with Gasteiger partial charge in [0, 0.05) is 11.6 Å². The number of ether oxygens (including phenoxy) is 2. The van der Waals surface area contributed by atoms with Gasteiger partial charge < -0.3 is 9.47 Å². The molecule has 148 valence electrons. The third-order valence-corrected chi connectivity index (χ3v) is 3.92. The number of alkyl halides is 4. The Morgan fingerprint density at radius 3 is 2.30 bits per heavy atom. The highest BCUT2D eigenvalue weighted by molar-refractivity contribution is 5.70. The fourth-order valence-electron chi connectivity index (χ4n) is 2.33. The summed E-state index contributed by atoms with van der Waals surface area (Å²) in [5.74, 6) is -5.70. The second-order valence-corrected chi connectivity index (χ2v) is 5.73. The van der Waals surface area contributed by atoms with Crippen LogP contribution in [0.4, 0.5) is 33.7 Å². The Bertz CT molecular complexity index is 768. The van der Waals surface area contributed by atoms with Gasteiger partial charge in [0.25, 0.3) is 5.69 Å². The van der Waals surface area contributed by atoms with Crippen LogP contribution in [0.5, 0.6) is 5.75 Å². The molecule has 0 spiro atoms. The largest absolute Gasteiger partial charge is 0.514 e. The lowest BCUT2D eigenvalue weighted by Crippen LogP contribution is -2.34. The van der Waals surface area contributed by atoms with Crippen LogP contribution in [0.2, 0.25) is 0 Å². The number of benzene rings is 1. The van der Waals surface area contributed by atoms with Gasteiger partial charge in [-0.1, -0.05) is 6.42 Å². The Balaban J connectivity index is 2.32. The summed E-state index contributed by atoms with van der Waals surface area (Å²) in [6.45, 7) is -2.00. The topological polar surface area (TPSA) is 122 Å². The van der Waals surface area contributed by atoms with Crippen molar-refractivity contribution < 1.29 is 41.7 Å². The highest BCUT2D eigenvalue weighted by Gasteiger charge is 2.43. The average Bonchev–Trinajstić information content (AvgIpc) is 2.52. The first kappa shape index (κ1) is 20.3. The summed E-state index contributed by atoms with van der Waals surface area (Å²) in [6.07, 6.45) is -4.22. The quantitative estimate of drug-likeness (QED) is 0.223. The Kier molecular flexibility index (Phi) is 5.81. The molecular formula is C14H12F4N2O7. The third kappa shape index (κ3) is 4.60. The number of carbonyl (C=O) groups is 1. The van der Waals surface area contributed by atoms with Gasteiger partial charge in [0.2, 0.25) is 5.75 Å². The molecule has 0 heterocycles. The molecule has 0 unspecified atom stereocenters. The van der Waals surface area contributed by atoms with E-state index in [1.165, 1.54) is 0 Å². The Hall–Kier alpha value is -2.99. The number of carbonyl (C=O) groups excluding carboxylic acids is 1. The lowest BCUT2D eigenvalue weighted by Gasteiger charge is -2.26. The van der Waals surface area contributed by atoms with E-state index in [9.17, 15) is 42.6 Å². The van der Waals surface area contributed by atoms with Crippen molar-refractivity contribution in [1.29, 1.82) is 0 Å². The van der Waals surface area contributed by atoms with Gasteiger partial charge in [-0.15, -0.1) is 0 Å². The maximum absolute atomic E-state index is 12.8. The van der Waals surface area contributed by atoms with Crippen LogP contribution in [-0.2, 0) is 4.74 Å². The van der Waals surface area contributed by atoms with E-state index in [-0.39, 0.29) is 11.5 Å². The fourth-order valence-corrected chi connectivity index (χ4v) is 2.33. The lowest BCUT2D eigenvalue weighted by atomic mass is 9.79. The van der Waals surface area contributed by atoms with Gasteiger partial charge >= 0.3 is 24.2 Å². The van der Waals surface area contributed by atoms with Crippen LogP contribution in [-0.4, -0.2) is 35.0 Å². The number of non-ortho nitro benzene ring substituents is 1. The molecule has 1 aliphatic rings. The molecule has 0 aliphatic heterocycles. The summed E-state index contributed by atoms with van der Waals surface area (Å²) < 4.78 is 58.3. The van der Waals surface area contributed by atoms with Crippen LogP contribution in [0.15, 0.2) is 12.1 Å². The van der Waals surface area contributed by atoms with Gasteiger partial charge in [-0.05, 0) is 18.8 Å². The number of rotatable bonds is 7. The summed E-state index contributed by atoms with van der Waals surface area (Å²) in [4.78, 5) is 31.8. The van der Waals surface area contributed by atoms with E-state index in [0.29, 0.717) is 18.9 Å². The molecule has 0 saturated heterocycles. The van der Waals surface area contributed by atoms with Crippen molar-refractivity contribution in [2.45, 2.75) is 37.5 Å². The minimum Gasteiger partial charge on any atom is -0.427 e. The number of halogens is 4. The first-order valence-corrected chi connectivity index (χ1v) is 7.50. The Morgan fingerprint density at radius 1 is 1.22 bits per heavy atom. The highest BCUT2D eigenvalue weighted by atomic mass is 19.3. The van der Waals surface area contributed by atoms with Gasteiger partial charge in [0.1, 0.15) is 0 Å². The molecular weight excluding hydrogens is 384 g/mol. The maximum atomic E-state index is 12.8. The second-order valence-electron chi connectivity index (χ2n) is 5.73. The van der Waals surface area contributed by atoms with Gasteiger partial charge in [0.15, 0.2) is 6.61 Å². The minimum atomic E-state index is -4.63. The molecule has 2 rings (SSSR count). The molecule has 0 amide bonds. The van der Waals surface area contributed by atoms with Crippen LogP contribution in [0.3, 0.4) is 0 Å². The van der Waals surface area contributed by atoms with E-state index in [0.717, 1.165) is 12.5 Å². The first-order valence-electron chi connectivity index (χ1n) is 7.50. The minimum absolute atomic E-state index is 0.0280. The fraction of sp³-hybridized carbons (Fsp3) is 0.500. The Labute approximate surface area is 148 Å². The van der Waals surface area contributed by atoms with Crippen LogP contribution < -0.4 is 4.74 Å². The zero-order valence-corrected chi connectivity index (χ0v) is 13.4. The zero-order valence-electron chi connectivity index (χ0n) is 13.4. The summed E-state index contributed by atoms with van der Waals surface area (Å²) in [6, 6.07) is 1.52. The molecule has 13 heteroatoms. The normalized spacial score (nSPS) is 14.6. The molecule has 0 bridgehead atoms. The van der Waals surface area contributed by atoms with E-state index in [4.69, 9.17) is 0 Å². The summed E-state index contributed by atoms with van der Waals surface area (Å²) in [5, 5.41) is 22.2. The van der Waals surface area contributed by atoms with Crippen molar-refractivity contribution in [2.24, 2.45) is 0 Å². The van der Waals surface area contributed by atoms with E-state index < -0.39 is 52.1 Å². The Morgan fingerprint density at radius 2 is 1.85 bits per heavy atom. The van der Waals surface area contributed by atoms with E-state index in [1.807, 2.05) is 0 Å². The third-order valence-electron chi connectivity index (χ3n) is 3.92. The van der Waals surface area contributed by atoms with E-state index in [2.05, 4.69) is 9.47 Å². The predicted molar refractivity (Wildman–Crippen MR) is 79.3 cm³/mol. The molecule has 1 aliphatic carbocycles. The standard InChI is InChI=1S/C14H12F4N2O7/c15-12(16)14(17,18)6-26-13(21)27-11-9(7-2-1-3-7)4-8(19(22)23)5-10(11)20(24)25/h4-5,7,12H,1-3,6H2. The van der Waals surface area contributed by atoms with Gasteiger partial charge in [0.05, 0.1) is 15.9 Å². The molecule has 1 fully saturated rings. The van der Waals surface area contributed by atoms with Crippen LogP contribution in [0.1, 0.15) is 30.7 Å². The van der Waals surface area contributed by atoms with Crippen molar-refractivity contribution in [3.8, 4) is 5.75 Å². The van der Waals surface area contributed by atoms with Crippen LogP contribution >= 0.6 is 0 Å². The van der Waals surface area contributed by atoms with Crippen molar-refractivity contribution in [2.75, 3.05) is 6.61 Å².